The van der Waals surface area contributed by atoms with E-state index in [1.54, 1.807) is 24.3 Å². The molecule has 0 heterocycles. The van der Waals surface area contributed by atoms with E-state index in [-0.39, 0.29) is 17.5 Å². The summed E-state index contributed by atoms with van der Waals surface area (Å²) in [6.45, 7) is 2.04. The van der Waals surface area contributed by atoms with Crippen LogP contribution in [0, 0.1) is 10.1 Å². The Hall–Kier alpha value is -2.56. The Bertz CT molecular complexity index is 579. The van der Waals surface area contributed by atoms with Crippen molar-refractivity contribution in [1.29, 1.82) is 0 Å². The van der Waals surface area contributed by atoms with Gasteiger partial charge in [-0.05, 0) is 43.2 Å². The first-order valence-corrected chi connectivity index (χ1v) is 6.33. The second-order valence-electron chi connectivity index (χ2n) is 4.72. The monoisotopic (exact) mass is 272 g/mol. The Kier molecular flexibility index (Phi) is 4.20. The van der Waals surface area contributed by atoms with Crippen molar-refractivity contribution in [3.05, 3.63) is 64.2 Å². The largest absolute Gasteiger partial charge is 0.508 e. The van der Waals surface area contributed by atoms with Crippen LogP contribution in [0.1, 0.15) is 12.5 Å². The molecule has 20 heavy (non-hydrogen) atoms. The number of nitrogens with one attached hydrogen (secondary N) is 1. The average Bonchev–Trinajstić information content (AvgIpc) is 2.42. The first-order chi connectivity index (χ1) is 9.54. The molecule has 1 unspecified atom stereocenters. The van der Waals surface area contributed by atoms with Crippen LogP contribution in [-0.2, 0) is 6.42 Å². The molecule has 104 valence electrons. The SMILES string of the molecule is CC(Cc1ccc(O)cc1)Nc1ccc([N+](=O)[O-])cc1. The van der Waals surface area contributed by atoms with Crippen LogP contribution in [0.5, 0.6) is 5.75 Å². The van der Waals surface area contributed by atoms with E-state index >= 15 is 0 Å². The van der Waals surface area contributed by atoms with Gasteiger partial charge in [-0.2, -0.15) is 0 Å². The number of nitro benzene ring substituents is 1. The van der Waals surface area contributed by atoms with Crippen molar-refractivity contribution >= 4 is 11.4 Å². The minimum absolute atomic E-state index is 0.0849. The Labute approximate surface area is 117 Å². The summed E-state index contributed by atoms with van der Waals surface area (Å²) in [6, 6.07) is 13.6. The maximum absolute atomic E-state index is 10.6. The average molecular weight is 272 g/mol. The molecular weight excluding hydrogens is 256 g/mol. The fraction of sp³-hybridized carbons (Fsp3) is 0.200. The molecule has 0 fully saturated rings. The Balaban J connectivity index is 1.95. The summed E-state index contributed by atoms with van der Waals surface area (Å²) < 4.78 is 0. The van der Waals surface area contributed by atoms with Gasteiger partial charge in [-0.1, -0.05) is 12.1 Å². The van der Waals surface area contributed by atoms with Gasteiger partial charge in [0.1, 0.15) is 5.75 Å². The van der Waals surface area contributed by atoms with Crippen molar-refractivity contribution in [2.75, 3.05) is 5.32 Å². The lowest BCUT2D eigenvalue weighted by molar-refractivity contribution is -0.384. The molecule has 0 saturated carbocycles. The van der Waals surface area contributed by atoms with E-state index in [1.165, 1.54) is 12.1 Å². The summed E-state index contributed by atoms with van der Waals surface area (Å²) in [5.74, 6) is 0.254. The number of benzene rings is 2. The minimum Gasteiger partial charge on any atom is -0.508 e. The van der Waals surface area contributed by atoms with Crippen LogP contribution in [0.2, 0.25) is 0 Å². The summed E-state index contributed by atoms with van der Waals surface area (Å²) >= 11 is 0. The molecule has 2 rings (SSSR count). The van der Waals surface area contributed by atoms with E-state index in [2.05, 4.69) is 5.32 Å². The number of nitro groups is 1. The van der Waals surface area contributed by atoms with E-state index in [1.807, 2.05) is 19.1 Å². The second-order valence-corrected chi connectivity index (χ2v) is 4.72. The van der Waals surface area contributed by atoms with Gasteiger partial charge >= 0.3 is 0 Å². The summed E-state index contributed by atoms with van der Waals surface area (Å²) in [5.41, 5.74) is 2.05. The number of phenolic OH excluding ortho intramolecular Hbond substituents is 1. The number of phenols is 1. The maximum atomic E-state index is 10.6. The summed E-state index contributed by atoms with van der Waals surface area (Å²) in [4.78, 5) is 10.2. The van der Waals surface area contributed by atoms with Gasteiger partial charge in [-0.15, -0.1) is 0 Å². The molecule has 0 amide bonds. The summed E-state index contributed by atoms with van der Waals surface area (Å²) in [7, 11) is 0. The molecule has 2 aromatic rings. The van der Waals surface area contributed by atoms with Crippen LogP contribution in [0.4, 0.5) is 11.4 Å². The Morgan fingerprint density at radius 3 is 2.30 bits per heavy atom. The predicted molar refractivity (Wildman–Crippen MR) is 78.0 cm³/mol. The standard InChI is InChI=1S/C15H16N2O3/c1-11(10-12-2-8-15(18)9-3-12)16-13-4-6-14(7-5-13)17(19)20/h2-9,11,16,18H,10H2,1H3. The molecule has 0 bridgehead atoms. The predicted octanol–water partition coefficient (Wildman–Crippen LogP) is 3.34. The highest BCUT2D eigenvalue weighted by Crippen LogP contribution is 2.17. The highest BCUT2D eigenvalue weighted by atomic mass is 16.6. The fourth-order valence-corrected chi connectivity index (χ4v) is 2.00. The molecular formula is C15H16N2O3. The van der Waals surface area contributed by atoms with Crippen molar-refractivity contribution < 1.29 is 10.0 Å². The van der Waals surface area contributed by atoms with E-state index < -0.39 is 4.92 Å². The highest BCUT2D eigenvalue weighted by Gasteiger charge is 2.07. The number of nitrogens with zero attached hydrogens (tertiary/aromatic N) is 1. The van der Waals surface area contributed by atoms with Gasteiger partial charge in [-0.25, -0.2) is 0 Å². The van der Waals surface area contributed by atoms with Crippen molar-refractivity contribution in [3.63, 3.8) is 0 Å². The number of hydrogen-bond acceptors (Lipinski definition) is 4. The van der Waals surface area contributed by atoms with Crippen LogP contribution in [0.3, 0.4) is 0 Å². The summed E-state index contributed by atoms with van der Waals surface area (Å²) in [5, 5.41) is 23.1. The van der Waals surface area contributed by atoms with Gasteiger partial charge in [0.15, 0.2) is 0 Å². The highest BCUT2D eigenvalue weighted by molar-refractivity contribution is 5.49. The second kappa shape index (κ2) is 6.06. The van der Waals surface area contributed by atoms with Crippen molar-refractivity contribution in [2.24, 2.45) is 0 Å². The van der Waals surface area contributed by atoms with Gasteiger partial charge in [0.25, 0.3) is 5.69 Å². The minimum atomic E-state index is -0.413. The van der Waals surface area contributed by atoms with Crippen molar-refractivity contribution in [1.82, 2.24) is 0 Å². The molecule has 0 aromatic heterocycles. The molecule has 2 aromatic carbocycles. The number of rotatable bonds is 5. The zero-order valence-corrected chi connectivity index (χ0v) is 11.1. The third-order valence-electron chi connectivity index (χ3n) is 2.97. The third kappa shape index (κ3) is 3.71. The van der Waals surface area contributed by atoms with Crippen LogP contribution in [0.25, 0.3) is 0 Å². The number of hydrogen-bond donors (Lipinski definition) is 2. The number of non-ortho nitro benzene ring substituents is 1. The van der Waals surface area contributed by atoms with Crippen LogP contribution in [0.15, 0.2) is 48.5 Å². The lowest BCUT2D eigenvalue weighted by Crippen LogP contribution is -2.17. The van der Waals surface area contributed by atoms with Gasteiger partial charge < -0.3 is 10.4 Å². The fourth-order valence-electron chi connectivity index (χ4n) is 2.00. The van der Waals surface area contributed by atoms with Crippen molar-refractivity contribution in [3.8, 4) is 5.75 Å². The first-order valence-electron chi connectivity index (χ1n) is 6.33. The smallest absolute Gasteiger partial charge is 0.269 e. The van der Waals surface area contributed by atoms with Crippen LogP contribution < -0.4 is 5.32 Å². The molecule has 5 nitrogen and oxygen atoms in total. The molecule has 0 aliphatic heterocycles. The molecule has 0 saturated heterocycles. The number of aromatic hydroxyl groups is 1. The van der Waals surface area contributed by atoms with E-state index in [9.17, 15) is 15.2 Å². The van der Waals surface area contributed by atoms with Gasteiger partial charge in [0, 0.05) is 23.9 Å². The van der Waals surface area contributed by atoms with Crippen LogP contribution in [-0.4, -0.2) is 16.1 Å². The van der Waals surface area contributed by atoms with Crippen molar-refractivity contribution in [2.45, 2.75) is 19.4 Å². The maximum Gasteiger partial charge on any atom is 0.269 e. The Morgan fingerprint density at radius 1 is 1.15 bits per heavy atom. The van der Waals surface area contributed by atoms with E-state index in [0.29, 0.717) is 0 Å². The first kappa shape index (κ1) is 13.9. The van der Waals surface area contributed by atoms with E-state index in [4.69, 9.17) is 0 Å². The quantitative estimate of drug-likeness (QED) is 0.646. The lowest BCUT2D eigenvalue weighted by Gasteiger charge is -2.15. The lowest BCUT2D eigenvalue weighted by atomic mass is 10.1. The third-order valence-corrected chi connectivity index (χ3v) is 2.97. The zero-order chi connectivity index (χ0) is 14.5. The van der Waals surface area contributed by atoms with Gasteiger partial charge in [0.05, 0.1) is 4.92 Å². The van der Waals surface area contributed by atoms with Gasteiger partial charge in [-0.3, -0.25) is 10.1 Å². The molecule has 0 spiro atoms. The normalized spacial score (nSPS) is 11.8. The number of anilines is 1. The molecule has 2 N–H and O–H groups in total. The van der Waals surface area contributed by atoms with Crippen LogP contribution >= 0.6 is 0 Å². The Morgan fingerprint density at radius 2 is 1.75 bits per heavy atom. The van der Waals surface area contributed by atoms with Gasteiger partial charge in [0.2, 0.25) is 0 Å². The molecule has 0 aliphatic rings. The molecule has 0 aliphatic carbocycles. The molecule has 0 radical (unpaired) electrons. The topological polar surface area (TPSA) is 75.4 Å². The molecule has 1 atom stereocenters. The summed E-state index contributed by atoms with van der Waals surface area (Å²) in [6.07, 6.45) is 0.803. The molecule has 5 heteroatoms. The zero-order valence-electron chi connectivity index (χ0n) is 11.1. The van der Waals surface area contributed by atoms with E-state index in [0.717, 1.165) is 17.7 Å².